The monoisotopic (exact) mass is 253 g/mol. The van der Waals surface area contributed by atoms with E-state index in [2.05, 4.69) is 38.1 Å². The third kappa shape index (κ3) is 4.70. The fourth-order valence-electron chi connectivity index (χ4n) is 1.78. The molecular weight excluding hydrogens is 230 g/mol. The van der Waals surface area contributed by atoms with E-state index in [1.165, 1.54) is 4.90 Å². The minimum absolute atomic E-state index is 0.202. The molecule has 1 aromatic carbocycles. The van der Waals surface area contributed by atoms with Crippen molar-refractivity contribution >= 4 is 11.8 Å². The van der Waals surface area contributed by atoms with Crippen LogP contribution in [-0.4, -0.2) is 17.0 Å². The lowest BCUT2D eigenvalue weighted by Crippen LogP contribution is -2.33. The molecular formula is C14H23NOS. The van der Waals surface area contributed by atoms with Gasteiger partial charge in [0.05, 0.1) is 0 Å². The number of nitrogens with two attached hydrogens (primary N) is 1. The molecule has 1 rings (SSSR count). The smallest absolute Gasteiger partial charge is 0.0431 e. The van der Waals surface area contributed by atoms with Crippen LogP contribution in [0, 0.1) is 0 Å². The van der Waals surface area contributed by atoms with E-state index in [1.807, 2.05) is 18.7 Å². The largest absolute Gasteiger partial charge is 0.396 e. The molecule has 0 fully saturated rings. The van der Waals surface area contributed by atoms with Crippen molar-refractivity contribution in [3.05, 3.63) is 29.8 Å². The highest BCUT2D eigenvalue weighted by molar-refractivity contribution is 7.99. The summed E-state index contributed by atoms with van der Waals surface area (Å²) in [6.07, 6.45) is 1.55. The second-order valence-electron chi connectivity index (χ2n) is 4.94. The molecule has 0 aliphatic carbocycles. The SMILES string of the molecule is CC(C)Sc1ccc(C(C)(N)CCCO)cc1. The second kappa shape index (κ2) is 6.43. The van der Waals surface area contributed by atoms with E-state index in [-0.39, 0.29) is 12.1 Å². The lowest BCUT2D eigenvalue weighted by atomic mass is 9.89. The molecule has 3 heteroatoms. The van der Waals surface area contributed by atoms with E-state index in [0.29, 0.717) is 5.25 Å². The van der Waals surface area contributed by atoms with Crippen LogP contribution >= 0.6 is 11.8 Å². The van der Waals surface area contributed by atoms with E-state index in [1.54, 1.807) is 0 Å². The van der Waals surface area contributed by atoms with Crippen LogP contribution in [0.3, 0.4) is 0 Å². The van der Waals surface area contributed by atoms with Gasteiger partial charge in [0.2, 0.25) is 0 Å². The second-order valence-corrected chi connectivity index (χ2v) is 6.59. The Hall–Kier alpha value is -0.510. The van der Waals surface area contributed by atoms with Crippen molar-refractivity contribution < 1.29 is 5.11 Å². The zero-order valence-electron chi connectivity index (χ0n) is 10.9. The van der Waals surface area contributed by atoms with Gasteiger partial charge < -0.3 is 10.8 Å². The first-order chi connectivity index (χ1) is 7.95. The minimum atomic E-state index is -0.343. The lowest BCUT2D eigenvalue weighted by molar-refractivity contribution is 0.265. The summed E-state index contributed by atoms with van der Waals surface area (Å²) >= 11 is 1.85. The first-order valence-corrected chi connectivity index (χ1v) is 7.00. The number of rotatable bonds is 6. The summed E-state index contributed by atoms with van der Waals surface area (Å²) in [6.45, 7) is 6.60. The van der Waals surface area contributed by atoms with Crippen LogP contribution in [-0.2, 0) is 5.54 Å². The zero-order chi connectivity index (χ0) is 12.9. The van der Waals surface area contributed by atoms with E-state index in [9.17, 15) is 0 Å². The molecule has 96 valence electrons. The van der Waals surface area contributed by atoms with Crippen molar-refractivity contribution in [2.45, 2.75) is 49.3 Å². The van der Waals surface area contributed by atoms with Gasteiger partial charge in [0.15, 0.2) is 0 Å². The van der Waals surface area contributed by atoms with E-state index in [4.69, 9.17) is 10.8 Å². The highest BCUT2D eigenvalue weighted by Crippen LogP contribution is 2.27. The van der Waals surface area contributed by atoms with Crippen molar-refractivity contribution in [1.29, 1.82) is 0 Å². The summed E-state index contributed by atoms with van der Waals surface area (Å²) in [5.74, 6) is 0. The fraction of sp³-hybridized carbons (Fsp3) is 0.571. The topological polar surface area (TPSA) is 46.2 Å². The molecule has 2 nitrogen and oxygen atoms in total. The molecule has 0 amide bonds. The summed E-state index contributed by atoms with van der Waals surface area (Å²) in [6, 6.07) is 8.46. The average molecular weight is 253 g/mol. The van der Waals surface area contributed by atoms with Gasteiger partial charge in [-0.1, -0.05) is 26.0 Å². The average Bonchev–Trinajstić information content (AvgIpc) is 2.26. The van der Waals surface area contributed by atoms with Gasteiger partial charge in [0.1, 0.15) is 0 Å². The molecule has 0 saturated carbocycles. The highest BCUT2D eigenvalue weighted by atomic mass is 32.2. The van der Waals surface area contributed by atoms with Crippen molar-refractivity contribution in [3.63, 3.8) is 0 Å². The summed E-state index contributed by atoms with van der Waals surface area (Å²) in [4.78, 5) is 1.28. The standard InChI is InChI=1S/C14H23NOS/c1-11(2)17-13-7-5-12(6-8-13)14(3,15)9-4-10-16/h5-8,11,16H,4,9-10,15H2,1-3H3. The van der Waals surface area contributed by atoms with Crippen molar-refractivity contribution in [2.75, 3.05) is 6.61 Å². The van der Waals surface area contributed by atoms with Crippen LogP contribution in [0.4, 0.5) is 0 Å². The fourth-order valence-corrected chi connectivity index (χ4v) is 2.61. The number of thioether (sulfide) groups is 1. The Bertz CT molecular complexity index is 333. The van der Waals surface area contributed by atoms with Crippen LogP contribution in [0.15, 0.2) is 29.2 Å². The van der Waals surface area contributed by atoms with E-state index in [0.717, 1.165) is 18.4 Å². The highest BCUT2D eigenvalue weighted by Gasteiger charge is 2.20. The van der Waals surface area contributed by atoms with E-state index >= 15 is 0 Å². The first kappa shape index (κ1) is 14.6. The molecule has 1 unspecified atom stereocenters. The van der Waals surface area contributed by atoms with E-state index < -0.39 is 0 Å². The van der Waals surface area contributed by atoms with Crippen LogP contribution in [0.5, 0.6) is 0 Å². The Morgan fingerprint density at radius 2 is 1.88 bits per heavy atom. The molecule has 0 aliphatic heterocycles. The Morgan fingerprint density at radius 1 is 1.29 bits per heavy atom. The molecule has 1 atom stereocenters. The van der Waals surface area contributed by atoms with Crippen LogP contribution < -0.4 is 5.73 Å². The van der Waals surface area contributed by atoms with Crippen LogP contribution in [0.1, 0.15) is 39.2 Å². The van der Waals surface area contributed by atoms with Gasteiger partial charge in [0.25, 0.3) is 0 Å². The molecule has 0 aliphatic rings. The molecule has 0 bridgehead atoms. The van der Waals surface area contributed by atoms with Crippen molar-refractivity contribution in [2.24, 2.45) is 5.73 Å². The number of benzene rings is 1. The molecule has 0 saturated heterocycles. The lowest BCUT2D eigenvalue weighted by Gasteiger charge is -2.25. The number of aliphatic hydroxyl groups is 1. The predicted molar refractivity (Wildman–Crippen MR) is 75.3 cm³/mol. The van der Waals surface area contributed by atoms with Gasteiger partial charge in [-0.2, -0.15) is 0 Å². The van der Waals surface area contributed by atoms with Crippen molar-refractivity contribution in [1.82, 2.24) is 0 Å². The summed E-state index contributed by atoms with van der Waals surface area (Å²) in [5, 5.41) is 9.46. The zero-order valence-corrected chi connectivity index (χ0v) is 11.8. The van der Waals surface area contributed by atoms with Gasteiger partial charge in [-0.3, -0.25) is 0 Å². The van der Waals surface area contributed by atoms with Gasteiger partial charge in [0, 0.05) is 22.3 Å². The molecule has 0 radical (unpaired) electrons. The molecule has 0 heterocycles. The maximum absolute atomic E-state index is 8.86. The third-order valence-electron chi connectivity index (χ3n) is 2.74. The minimum Gasteiger partial charge on any atom is -0.396 e. The van der Waals surface area contributed by atoms with Gasteiger partial charge in [-0.25, -0.2) is 0 Å². The maximum Gasteiger partial charge on any atom is 0.0431 e. The normalized spacial score (nSPS) is 14.9. The summed E-state index contributed by atoms with van der Waals surface area (Å²) in [7, 11) is 0. The maximum atomic E-state index is 8.86. The molecule has 0 spiro atoms. The Labute approximate surface area is 109 Å². The van der Waals surface area contributed by atoms with Crippen LogP contribution in [0.2, 0.25) is 0 Å². The molecule has 3 N–H and O–H groups in total. The summed E-state index contributed by atoms with van der Waals surface area (Å²) < 4.78 is 0. The quantitative estimate of drug-likeness (QED) is 0.766. The molecule has 1 aromatic rings. The Balaban J connectivity index is 2.72. The third-order valence-corrected chi connectivity index (χ3v) is 3.76. The number of aliphatic hydroxyl groups excluding tert-OH is 1. The van der Waals surface area contributed by atoms with Gasteiger partial charge in [-0.05, 0) is 37.5 Å². The number of hydrogen-bond acceptors (Lipinski definition) is 3. The summed E-state index contributed by atoms with van der Waals surface area (Å²) in [5.41, 5.74) is 7.05. The van der Waals surface area contributed by atoms with Gasteiger partial charge >= 0.3 is 0 Å². The first-order valence-electron chi connectivity index (χ1n) is 6.12. The Morgan fingerprint density at radius 3 is 2.35 bits per heavy atom. The molecule has 17 heavy (non-hydrogen) atoms. The Kier molecular flexibility index (Phi) is 5.50. The number of hydrogen-bond donors (Lipinski definition) is 2. The molecule has 0 aromatic heterocycles. The van der Waals surface area contributed by atoms with Gasteiger partial charge in [-0.15, -0.1) is 11.8 Å². The van der Waals surface area contributed by atoms with Crippen LogP contribution in [0.25, 0.3) is 0 Å². The predicted octanol–water partition coefficient (Wildman–Crippen LogP) is 3.13. The van der Waals surface area contributed by atoms with Crippen molar-refractivity contribution in [3.8, 4) is 0 Å².